The van der Waals surface area contributed by atoms with Gasteiger partial charge in [0.15, 0.2) is 11.6 Å². The van der Waals surface area contributed by atoms with Crippen molar-refractivity contribution in [1.82, 2.24) is 9.97 Å². The van der Waals surface area contributed by atoms with Crippen LogP contribution in [-0.2, 0) is 0 Å². The second-order valence-corrected chi connectivity index (χ2v) is 3.55. The second-order valence-electron chi connectivity index (χ2n) is 3.55. The van der Waals surface area contributed by atoms with Crippen LogP contribution >= 0.6 is 0 Å². The van der Waals surface area contributed by atoms with Gasteiger partial charge in [-0.05, 0) is 20.3 Å². The number of nitrogens with two attached hydrogens (primary N) is 1. The number of hydrogen-bond donors (Lipinski definition) is 1. The molecule has 14 heavy (non-hydrogen) atoms. The summed E-state index contributed by atoms with van der Waals surface area (Å²) in [7, 11) is 0. The lowest BCUT2D eigenvalue weighted by Crippen LogP contribution is -2.33. The number of nitrogens with zero attached hydrogens (tertiary/aromatic N) is 3. The van der Waals surface area contributed by atoms with Crippen molar-refractivity contribution in [2.24, 2.45) is 0 Å². The molecule has 4 heteroatoms. The maximum atomic E-state index is 5.77. The summed E-state index contributed by atoms with van der Waals surface area (Å²) in [6.07, 6.45) is 4.37. The minimum Gasteiger partial charge on any atom is -0.381 e. The van der Waals surface area contributed by atoms with Gasteiger partial charge in [0.2, 0.25) is 0 Å². The van der Waals surface area contributed by atoms with E-state index in [1.54, 1.807) is 12.4 Å². The van der Waals surface area contributed by atoms with Crippen LogP contribution in [0.3, 0.4) is 0 Å². The van der Waals surface area contributed by atoms with Crippen LogP contribution in [0.4, 0.5) is 11.6 Å². The lowest BCUT2D eigenvalue weighted by Gasteiger charge is -2.27. The molecule has 1 heterocycles. The Morgan fingerprint density at radius 3 is 2.50 bits per heavy atom. The van der Waals surface area contributed by atoms with Gasteiger partial charge in [-0.25, -0.2) is 9.97 Å². The Bertz CT molecular complexity index is 285. The van der Waals surface area contributed by atoms with Gasteiger partial charge in [0.05, 0.1) is 0 Å². The number of anilines is 2. The molecular weight excluding hydrogens is 176 g/mol. The quantitative estimate of drug-likeness (QED) is 0.792. The van der Waals surface area contributed by atoms with Crippen LogP contribution in [0.15, 0.2) is 12.4 Å². The predicted octanol–water partition coefficient (Wildman–Crippen LogP) is 1.68. The fourth-order valence-electron chi connectivity index (χ4n) is 1.41. The number of rotatable bonds is 4. The fourth-order valence-corrected chi connectivity index (χ4v) is 1.41. The van der Waals surface area contributed by atoms with Gasteiger partial charge in [0.1, 0.15) is 0 Å². The first kappa shape index (κ1) is 10.8. The first-order valence-corrected chi connectivity index (χ1v) is 5.00. The molecule has 0 saturated heterocycles. The van der Waals surface area contributed by atoms with E-state index in [4.69, 9.17) is 5.73 Å². The Hall–Kier alpha value is -1.32. The van der Waals surface area contributed by atoms with Gasteiger partial charge in [0.25, 0.3) is 0 Å². The summed E-state index contributed by atoms with van der Waals surface area (Å²) in [4.78, 5) is 10.5. The molecule has 0 bridgehead atoms. The van der Waals surface area contributed by atoms with Crippen LogP contribution in [0, 0.1) is 0 Å². The summed E-state index contributed by atoms with van der Waals surface area (Å²) in [5.74, 6) is 1.30. The van der Waals surface area contributed by atoms with Gasteiger partial charge < -0.3 is 10.6 Å². The molecule has 0 unspecified atom stereocenters. The Labute approximate surface area is 85.2 Å². The summed E-state index contributed by atoms with van der Waals surface area (Å²) in [6.45, 7) is 7.36. The molecule has 0 aliphatic rings. The second kappa shape index (κ2) is 4.79. The summed E-state index contributed by atoms with van der Waals surface area (Å²) in [5.41, 5.74) is 5.77. The van der Waals surface area contributed by atoms with Crippen LogP contribution < -0.4 is 10.6 Å². The average molecular weight is 194 g/mol. The predicted molar refractivity (Wildman–Crippen MR) is 59.2 cm³/mol. The molecule has 0 aromatic carbocycles. The van der Waals surface area contributed by atoms with E-state index in [9.17, 15) is 0 Å². The largest absolute Gasteiger partial charge is 0.381 e. The van der Waals surface area contributed by atoms with Crippen molar-refractivity contribution in [2.45, 2.75) is 33.2 Å². The molecule has 1 aromatic heterocycles. The van der Waals surface area contributed by atoms with Gasteiger partial charge in [-0.15, -0.1) is 0 Å². The van der Waals surface area contributed by atoms with Gasteiger partial charge in [-0.3, -0.25) is 0 Å². The molecule has 2 N–H and O–H groups in total. The van der Waals surface area contributed by atoms with E-state index in [1.165, 1.54) is 0 Å². The van der Waals surface area contributed by atoms with Crippen molar-refractivity contribution in [3.8, 4) is 0 Å². The van der Waals surface area contributed by atoms with Gasteiger partial charge in [0, 0.05) is 25.0 Å². The fraction of sp³-hybridized carbons (Fsp3) is 0.600. The van der Waals surface area contributed by atoms with Gasteiger partial charge >= 0.3 is 0 Å². The van der Waals surface area contributed by atoms with Crippen molar-refractivity contribution >= 4 is 11.6 Å². The van der Waals surface area contributed by atoms with Crippen LogP contribution in [0.5, 0.6) is 0 Å². The highest BCUT2D eigenvalue weighted by Gasteiger charge is 2.13. The first-order chi connectivity index (χ1) is 6.66. The standard InChI is InChI=1S/C10H18N4/c1-4-7-14(8(2)3)10-9(11)12-5-6-13-10/h5-6,8H,4,7H2,1-3H3,(H2,11,12). The SMILES string of the molecule is CCCN(c1nccnc1N)C(C)C. The monoisotopic (exact) mass is 194 g/mol. The topological polar surface area (TPSA) is 55.0 Å². The van der Waals surface area contributed by atoms with Crippen LogP contribution in [-0.4, -0.2) is 22.6 Å². The highest BCUT2D eigenvalue weighted by molar-refractivity contribution is 5.57. The van der Waals surface area contributed by atoms with E-state index >= 15 is 0 Å². The highest BCUT2D eigenvalue weighted by Crippen LogP contribution is 2.19. The highest BCUT2D eigenvalue weighted by atomic mass is 15.2. The molecule has 0 aliphatic carbocycles. The Morgan fingerprint density at radius 2 is 2.00 bits per heavy atom. The van der Waals surface area contributed by atoms with Crippen LogP contribution in [0.2, 0.25) is 0 Å². The van der Waals surface area contributed by atoms with Crippen LogP contribution in [0.1, 0.15) is 27.2 Å². The normalized spacial score (nSPS) is 10.6. The van der Waals surface area contributed by atoms with E-state index < -0.39 is 0 Å². The molecule has 1 aromatic rings. The van der Waals surface area contributed by atoms with E-state index in [1.807, 2.05) is 0 Å². The number of nitrogen functional groups attached to an aromatic ring is 1. The zero-order valence-electron chi connectivity index (χ0n) is 9.07. The molecule has 1 rings (SSSR count). The molecule has 0 spiro atoms. The van der Waals surface area contributed by atoms with E-state index in [0.29, 0.717) is 11.9 Å². The Balaban J connectivity index is 2.93. The Morgan fingerprint density at radius 1 is 1.36 bits per heavy atom. The molecule has 0 atom stereocenters. The molecule has 0 aliphatic heterocycles. The van der Waals surface area contributed by atoms with Gasteiger partial charge in [-0.1, -0.05) is 6.92 Å². The van der Waals surface area contributed by atoms with E-state index in [0.717, 1.165) is 18.8 Å². The summed E-state index contributed by atoms with van der Waals surface area (Å²) in [6, 6.07) is 0.397. The average Bonchev–Trinajstić information content (AvgIpc) is 2.15. The van der Waals surface area contributed by atoms with E-state index in [2.05, 4.69) is 35.6 Å². The first-order valence-electron chi connectivity index (χ1n) is 5.00. The van der Waals surface area contributed by atoms with Gasteiger partial charge in [-0.2, -0.15) is 0 Å². The molecule has 0 fully saturated rings. The smallest absolute Gasteiger partial charge is 0.171 e. The van der Waals surface area contributed by atoms with E-state index in [-0.39, 0.29) is 0 Å². The molecule has 0 radical (unpaired) electrons. The minimum atomic E-state index is 0.397. The molecular formula is C10H18N4. The molecule has 0 saturated carbocycles. The van der Waals surface area contributed by atoms with Crippen molar-refractivity contribution in [3.05, 3.63) is 12.4 Å². The maximum absolute atomic E-state index is 5.77. The summed E-state index contributed by atoms with van der Waals surface area (Å²) >= 11 is 0. The summed E-state index contributed by atoms with van der Waals surface area (Å²) in [5, 5.41) is 0. The van der Waals surface area contributed by atoms with Crippen molar-refractivity contribution < 1.29 is 0 Å². The number of hydrogen-bond acceptors (Lipinski definition) is 4. The Kier molecular flexibility index (Phi) is 3.68. The third-order valence-electron chi connectivity index (χ3n) is 2.07. The number of aromatic nitrogens is 2. The minimum absolute atomic E-state index is 0.397. The zero-order chi connectivity index (χ0) is 10.6. The third-order valence-corrected chi connectivity index (χ3v) is 2.07. The maximum Gasteiger partial charge on any atom is 0.171 e. The molecule has 78 valence electrons. The molecule has 4 nitrogen and oxygen atoms in total. The lowest BCUT2D eigenvalue weighted by molar-refractivity contribution is 0.662. The zero-order valence-corrected chi connectivity index (χ0v) is 9.07. The third kappa shape index (κ3) is 2.34. The van der Waals surface area contributed by atoms with Crippen LogP contribution in [0.25, 0.3) is 0 Å². The lowest BCUT2D eigenvalue weighted by atomic mass is 10.3. The van der Waals surface area contributed by atoms with Crippen molar-refractivity contribution in [3.63, 3.8) is 0 Å². The van der Waals surface area contributed by atoms with Crippen molar-refractivity contribution in [2.75, 3.05) is 17.2 Å². The summed E-state index contributed by atoms with van der Waals surface area (Å²) < 4.78 is 0. The van der Waals surface area contributed by atoms with Crippen molar-refractivity contribution in [1.29, 1.82) is 0 Å². The molecule has 0 amide bonds.